The monoisotopic (exact) mass is 430 g/mol. The lowest BCUT2D eigenvalue weighted by molar-refractivity contribution is 0.141. The van der Waals surface area contributed by atoms with E-state index in [1.54, 1.807) is 17.0 Å². The standard InChI is InChI=1S/C22H24F2N4O3/c23-17-3-1-2-4-19(17)31-20-6-5-15(13-18(20)24)14-26-21(29)27-10-7-16(8-11-27)28-12-9-25-22(28)30/h1-6,13,16H,7-12,14H2,(H,25,30)(H,26,29). The van der Waals surface area contributed by atoms with Gasteiger partial charge in [0.15, 0.2) is 23.1 Å². The van der Waals surface area contributed by atoms with E-state index in [9.17, 15) is 18.4 Å². The molecular formula is C22H24F2N4O3. The molecular weight excluding hydrogens is 406 g/mol. The van der Waals surface area contributed by atoms with E-state index in [0.29, 0.717) is 31.7 Å². The SMILES string of the molecule is O=C(NCc1ccc(Oc2ccccc2F)c(F)c1)N1CCC(N2CCNC2=O)CC1. The summed E-state index contributed by atoms with van der Waals surface area (Å²) in [6.45, 7) is 2.65. The van der Waals surface area contributed by atoms with Gasteiger partial charge in [-0.3, -0.25) is 0 Å². The minimum absolute atomic E-state index is 0.0349. The van der Waals surface area contributed by atoms with Gasteiger partial charge >= 0.3 is 12.1 Å². The molecule has 2 N–H and O–H groups in total. The topological polar surface area (TPSA) is 73.9 Å². The molecule has 0 bridgehead atoms. The van der Waals surface area contributed by atoms with Crippen LogP contribution in [0.3, 0.4) is 0 Å². The van der Waals surface area contributed by atoms with Gasteiger partial charge in [-0.25, -0.2) is 18.4 Å². The average molecular weight is 430 g/mol. The van der Waals surface area contributed by atoms with Crippen LogP contribution in [0.2, 0.25) is 0 Å². The summed E-state index contributed by atoms with van der Waals surface area (Å²) in [6.07, 6.45) is 1.47. The van der Waals surface area contributed by atoms with Crippen molar-refractivity contribution in [1.29, 1.82) is 0 Å². The normalized spacial score (nSPS) is 16.9. The van der Waals surface area contributed by atoms with Crippen molar-refractivity contribution in [2.24, 2.45) is 0 Å². The molecule has 2 aliphatic heterocycles. The molecule has 164 valence electrons. The van der Waals surface area contributed by atoms with E-state index in [1.807, 2.05) is 4.90 Å². The minimum atomic E-state index is -0.639. The Labute approximate surface area is 179 Å². The molecule has 2 heterocycles. The van der Waals surface area contributed by atoms with Crippen LogP contribution in [0.5, 0.6) is 11.5 Å². The van der Waals surface area contributed by atoms with Crippen LogP contribution >= 0.6 is 0 Å². The maximum absolute atomic E-state index is 14.4. The first-order valence-electron chi connectivity index (χ1n) is 10.3. The van der Waals surface area contributed by atoms with Gasteiger partial charge in [-0.1, -0.05) is 18.2 Å². The molecule has 2 fully saturated rings. The lowest BCUT2D eigenvalue weighted by Gasteiger charge is -2.36. The van der Waals surface area contributed by atoms with Gasteiger partial charge in [-0.2, -0.15) is 0 Å². The zero-order valence-corrected chi connectivity index (χ0v) is 16.9. The van der Waals surface area contributed by atoms with E-state index in [0.717, 1.165) is 12.8 Å². The van der Waals surface area contributed by atoms with E-state index in [1.165, 1.54) is 30.3 Å². The number of nitrogens with zero attached hydrogens (tertiary/aromatic N) is 2. The van der Waals surface area contributed by atoms with Crippen LogP contribution in [0.25, 0.3) is 0 Å². The van der Waals surface area contributed by atoms with E-state index < -0.39 is 11.6 Å². The number of para-hydroxylation sites is 1. The summed E-state index contributed by atoms with van der Waals surface area (Å²) < 4.78 is 33.3. The number of halogens is 2. The Kier molecular flexibility index (Phi) is 6.20. The summed E-state index contributed by atoms with van der Waals surface area (Å²) in [5, 5.41) is 5.59. The van der Waals surface area contributed by atoms with Crippen LogP contribution in [-0.4, -0.2) is 54.1 Å². The van der Waals surface area contributed by atoms with E-state index in [-0.39, 0.29) is 36.1 Å². The fourth-order valence-corrected chi connectivity index (χ4v) is 3.89. The summed E-state index contributed by atoms with van der Waals surface area (Å²) in [5.41, 5.74) is 0.565. The highest BCUT2D eigenvalue weighted by Crippen LogP contribution is 2.27. The fourth-order valence-electron chi connectivity index (χ4n) is 3.89. The summed E-state index contributed by atoms with van der Waals surface area (Å²) in [5.74, 6) is -1.36. The Bertz CT molecular complexity index is 964. The Morgan fingerprint density at radius 2 is 1.81 bits per heavy atom. The van der Waals surface area contributed by atoms with Crippen LogP contribution in [0.4, 0.5) is 18.4 Å². The maximum Gasteiger partial charge on any atom is 0.317 e. The van der Waals surface area contributed by atoms with Crippen molar-refractivity contribution in [2.45, 2.75) is 25.4 Å². The zero-order chi connectivity index (χ0) is 21.8. The second-order valence-electron chi connectivity index (χ2n) is 7.60. The van der Waals surface area contributed by atoms with Crippen LogP contribution in [0, 0.1) is 11.6 Å². The molecule has 2 aliphatic rings. The van der Waals surface area contributed by atoms with Crippen molar-refractivity contribution < 1.29 is 23.1 Å². The number of benzene rings is 2. The first-order valence-corrected chi connectivity index (χ1v) is 10.3. The van der Waals surface area contributed by atoms with Gasteiger partial charge in [0.25, 0.3) is 0 Å². The highest BCUT2D eigenvalue weighted by molar-refractivity contribution is 5.77. The average Bonchev–Trinajstić information content (AvgIpc) is 3.21. The summed E-state index contributed by atoms with van der Waals surface area (Å²) in [4.78, 5) is 27.8. The highest BCUT2D eigenvalue weighted by Gasteiger charge is 2.31. The van der Waals surface area contributed by atoms with Gasteiger partial charge in [0, 0.05) is 38.8 Å². The van der Waals surface area contributed by atoms with Crippen LogP contribution in [0.15, 0.2) is 42.5 Å². The number of piperidine rings is 1. The Morgan fingerprint density at radius 3 is 2.48 bits per heavy atom. The highest BCUT2D eigenvalue weighted by atomic mass is 19.1. The Balaban J connectivity index is 1.27. The number of hydrogen-bond donors (Lipinski definition) is 2. The predicted octanol–water partition coefficient (Wildman–Crippen LogP) is 3.46. The largest absolute Gasteiger partial charge is 0.451 e. The Morgan fingerprint density at radius 1 is 1.06 bits per heavy atom. The van der Waals surface area contributed by atoms with Gasteiger partial charge in [0.05, 0.1) is 0 Å². The van der Waals surface area contributed by atoms with Crippen molar-refractivity contribution in [3.8, 4) is 11.5 Å². The quantitative estimate of drug-likeness (QED) is 0.763. The summed E-state index contributed by atoms with van der Waals surface area (Å²) in [6, 6.07) is 9.97. The van der Waals surface area contributed by atoms with Crippen LogP contribution in [0.1, 0.15) is 18.4 Å². The molecule has 4 rings (SSSR count). The summed E-state index contributed by atoms with van der Waals surface area (Å²) >= 11 is 0. The molecule has 0 atom stereocenters. The van der Waals surface area contributed by atoms with Crippen LogP contribution < -0.4 is 15.4 Å². The number of nitrogens with one attached hydrogen (secondary N) is 2. The number of amides is 4. The number of ether oxygens (including phenoxy) is 1. The molecule has 0 saturated carbocycles. The number of hydrogen-bond acceptors (Lipinski definition) is 3. The molecule has 7 nitrogen and oxygen atoms in total. The zero-order valence-electron chi connectivity index (χ0n) is 16.9. The van der Waals surface area contributed by atoms with Crippen molar-refractivity contribution >= 4 is 12.1 Å². The third-order valence-corrected chi connectivity index (χ3v) is 5.58. The lowest BCUT2D eigenvalue weighted by atomic mass is 10.0. The molecule has 4 amide bonds. The number of rotatable bonds is 5. The molecule has 0 aliphatic carbocycles. The first-order chi connectivity index (χ1) is 15.0. The van der Waals surface area contributed by atoms with E-state index >= 15 is 0 Å². The van der Waals surface area contributed by atoms with E-state index in [4.69, 9.17) is 4.74 Å². The number of urea groups is 2. The molecule has 0 aromatic heterocycles. The smallest absolute Gasteiger partial charge is 0.317 e. The van der Waals surface area contributed by atoms with Gasteiger partial charge in [-0.15, -0.1) is 0 Å². The second-order valence-corrected chi connectivity index (χ2v) is 7.60. The van der Waals surface area contributed by atoms with Gasteiger partial charge < -0.3 is 25.2 Å². The molecule has 0 radical (unpaired) electrons. The van der Waals surface area contributed by atoms with Gasteiger partial charge in [-0.05, 0) is 42.7 Å². The molecule has 9 heteroatoms. The third kappa shape index (κ3) is 4.87. The van der Waals surface area contributed by atoms with E-state index in [2.05, 4.69) is 10.6 Å². The maximum atomic E-state index is 14.4. The Hall–Kier alpha value is -3.36. The molecule has 2 saturated heterocycles. The van der Waals surface area contributed by atoms with Gasteiger partial charge in [0.1, 0.15) is 0 Å². The van der Waals surface area contributed by atoms with Crippen molar-refractivity contribution in [2.75, 3.05) is 26.2 Å². The number of carbonyl (C=O) groups excluding carboxylic acids is 2. The van der Waals surface area contributed by atoms with Crippen molar-refractivity contribution in [1.82, 2.24) is 20.4 Å². The van der Waals surface area contributed by atoms with Crippen LogP contribution in [-0.2, 0) is 6.54 Å². The third-order valence-electron chi connectivity index (χ3n) is 5.58. The van der Waals surface area contributed by atoms with Gasteiger partial charge in [0.2, 0.25) is 0 Å². The fraction of sp³-hybridized carbons (Fsp3) is 0.364. The second kappa shape index (κ2) is 9.20. The summed E-state index contributed by atoms with van der Waals surface area (Å²) in [7, 11) is 0. The van der Waals surface area contributed by atoms with Crippen molar-refractivity contribution in [3.05, 3.63) is 59.7 Å². The number of likely N-dealkylation sites (tertiary alicyclic amines) is 1. The molecule has 2 aromatic rings. The molecule has 0 spiro atoms. The molecule has 31 heavy (non-hydrogen) atoms. The molecule has 2 aromatic carbocycles. The predicted molar refractivity (Wildman–Crippen MR) is 110 cm³/mol. The number of carbonyl (C=O) groups is 2. The molecule has 0 unspecified atom stereocenters. The van der Waals surface area contributed by atoms with Crippen molar-refractivity contribution in [3.63, 3.8) is 0 Å². The first kappa shape index (κ1) is 20.9. The minimum Gasteiger partial charge on any atom is -0.451 e. The lowest BCUT2D eigenvalue weighted by Crippen LogP contribution is -2.50.